The molecule has 146 valence electrons. The number of carbonyl (C=O) groups excluding carboxylic acids is 1. The van der Waals surface area contributed by atoms with Gasteiger partial charge < -0.3 is 18.6 Å². The van der Waals surface area contributed by atoms with Gasteiger partial charge in [-0.1, -0.05) is 25.1 Å². The van der Waals surface area contributed by atoms with Gasteiger partial charge in [0, 0.05) is 25.1 Å². The molecular weight excluding hydrogens is 358 g/mol. The molecule has 0 saturated carbocycles. The summed E-state index contributed by atoms with van der Waals surface area (Å²) in [6.07, 6.45) is 9.30. The van der Waals surface area contributed by atoms with Crippen molar-refractivity contribution in [3.63, 3.8) is 0 Å². The van der Waals surface area contributed by atoms with E-state index in [4.69, 9.17) is 9.47 Å². The van der Waals surface area contributed by atoms with Crippen LogP contribution in [0.25, 0.3) is 0 Å². The van der Waals surface area contributed by atoms with Crippen LogP contribution in [0.4, 0.5) is 0 Å². The van der Waals surface area contributed by atoms with E-state index in [0.717, 1.165) is 6.42 Å². The van der Waals surface area contributed by atoms with Crippen LogP contribution >= 0.6 is 0 Å². The number of ether oxygens (including phenoxy) is 2. The molecule has 0 bridgehead atoms. The second-order valence-electron chi connectivity index (χ2n) is 6.27. The fraction of sp³-hybridized carbons (Fsp3) is 0.286. The summed E-state index contributed by atoms with van der Waals surface area (Å²) < 4.78 is 14.6. The third-order valence-corrected chi connectivity index (χ3v) is 4.35. The highest BCUT2D eigenvalue weighted by Crippen LogP contribution is 2.22. The van der Waals surface area contributed by atoms with E-state index in [1.54, 1.807) is 44.0 Å². The van der Waals surface area contributed by atoms with E-state index >= 15 is 0 Å². The van der Waals surface area contributed by atoms with Gasteiger partial charge in [0.2, 0.25) is 5.43 Å². The van der Waals surface area contributed by atoms with E-state index in [-0.39, 0.29) is 24.0 Å². The normalized spacial score (nSPS) is 11.8. The summed E-state index contributed by atoms with van der Waals surface area (Å²) in [6, 6.07) is 9.00. The minimum atomic E-state index is -0.655. The molecule has 0 aliphatic heterocycles. The topological polar surface area (TPSA) is 75.3 Å². The van der Waals surface area contributed by atoms with Crippen LogP contribution in [0.15, 0.2) is 66.2 Å². The van der Waals surface area contributed by atoms with E-state index in [9.17, 15) is 9.59 Å². The zero-order chi connectivity index (χ0) is 19.9. The van der Waals surface area contributed by atoms with Crippen LogP contribution in [-0.4, -0.2) is 26.7 Å². The molecule has 0 saturated heterocycles. The Balaban J connectivity index is 2.02. The molecule has 7 heteroatoms. The van der Waals surface area contributed by atoms with Gasteiger partial charge >= 0.3 is 5.97 Å². The summed E-state index contributed by atoms with van der Waals surface area (Å²) in [7, 11) is 0. The predicted molar refractivity (Wildman–Crippen MR) is 105 cm³/mol. The third kappa shape index (κ3) is 4.49. The maximum Gasteiger partial charge on any atom is 0.343 e. The lowest BCUT2D eigenvalue weighted by atomic mass is 10.2. The zero-order valence-electron chi connectivity index (χ0n) is 15.9. The van der Waals surface area contributed by atoms with Crippen LogP contribution in [0, 0.1) is 0 Å². The maximum absolute atomic E-state index is 12.8. The molecule has 2 aromatic heterocycles. The largest absolute Gasteiger partial charge is 0.462 e. The van der Waals surface area contributed by atoms with Crippen molar-refractivity contribution >= 4 is 5.97 Å². The van der Waals surface area contributed by atoms with E-state index < -0.39 is 11.4 Å². The van der Waals surface area contributed by atoms with Gasteiger partial charge in [0.05, 0.1) is 25.2 Å². The number of hydrogen-bond donors (Lipinski definition) is 0. The fourth-order valence-corrected chi connectivity index (χ4v) is 2.90. The Morgan fingerprint density at radius 2 is 1.96 bits per heavy atom. The van der Waals surface area contributed by atoms with Gasteiger partial charge in [-0.15, -0.1) is 0 Å². The molecule has 1 atom stereocenters. The smallest absolute Gasteiger partial charge is 0.343 e. The number of imidazole rings is 1. The van der Waals surface area contributed by atoms with Gasteiger partial charge in [0.25, 0.3) is 0 Å². The first-order valence-corrected chi connectivity index (χ1v) is 9.23. The zero-order valence-corrected chi connectivity index (χ0v) is 15.9. The van der Waals surface area contributed by atoms with Gasteiger partial charge in [0.15, 0.2) is 5.75 Å². The highest BCUT2D eigenvalue weighted by atomic mass is 16.5. The molecule has 0 aliphatic carbocycles. The van der Waals surface area contributed by atoms with Crippen molar-refractivity contribution in [1.82, 2.24) is 14.1 Å². The number of esters is 1. The molecule has 2 heterocycles. The van der Waals surface area contributed by atoms with Crippen molar-refractivity contribution in [3.05, 3.63) is 77.2 Å². The quantitative estimate of drug-likeness (QED) is 0.557. The minimum absolute atomic E-state index is 0.00102. The maximum atomic E-state index is 12.8. The van der Waals surface area contributed by atoms with Crippen LogP contribution in [0.1, 0.15) is 36.7 Å². The Morgan fingerprint density at radius 3 is 2.61 bits per heavy atom. The highest BCUT2D eigenvalue weighted by Gasteiger charge is 2.20. The summed E-state index contributed by atoms with van der Waals surface area (Å²) >= 11 is 0. The molecule has 0 radical (unpaired) electrons. The Labute approximate surface area is 163 Å². The van der Waals surface area contributed by atoms with Crippen molar-refractivity contribution in [2.24, 2.45) is 0 Å². The molecule has 7 nitrogen and oxygen atoms in total. The number of carbonyl (C=O) groups is 1. The molecule has 28 heavy (non-hydrogen) atoms. The third-order valence-electron chi connectivity index (χ3n) is 4.35. The monoisotopic (exact) mass is 381 g/mol. The van der Waals surface area contributed by atoms with Gasteiger partial charge in [0.1, 0.15) is 11.3 Å². The van der Waals surface area contributed by atoms with Crippen molar-refractivity contribution in [2.75, 3.05) is 6.61 Å². The molecule has 0 spiro atoms. The first kappa shape index (κ1) is 19.4. The summed E-state index contributed by atoms with van der Waals surface area (Å²) in [6.45, 7) is 4.58. The number of hydrogen-bond acceptors (Lipinski definition) is 5. The van der Waals surface area contributed by atoms with Crippen molar-refractivity contribution in [3.8, 4) is 11.5 Å². The summed E-state index contributed by atoms with van der Waals surface area (Å²) in [5.74, 6) is -0.0482. The van der Waals surface area contributed by atoms with Crippen molar-refractivity contribution in [1.29, 1.82) is 0 Å². The molecular formula is C21H23N3O4. The first-order valence-electron chi connectivity index (χ1n) is 9.23. The van der Waals surface area contributed by atoms with Gasteiger partial charge in [-0.2, -0.15) is 0 Å². The number of benzene rings is 1. The molecule has 0 N–H and O–H groups in total. The first-order chi connectivity index (χ1) is 13.6. The van der Waals surface area contributed by atoms with Crippen LogP contribution in [0.2, 0.25) is 0 Å². The molecule has 0 amide bonds. The van der Waals surface area contributed by atoms with E-state index in [1.165, 1.54) is 0 Å². The lowest BCUT2D eigenvalue weighted by Gasteiger charge is -2.21. The Bertz CT molecular complexity index is 965. The number of pyridine rings is 1. The Morgan fingerprint density at radius 1 is 1.18 bits per heavy atom. The molecule has 0 unspecified atom stereocenters. The summed E-state index contributed by atoms with van der Waals surface area (Å²) in [5, 5.41) is 0. The second kappa shape index (κ2) is 9.03. The summed E-state index contributed by atoms with van der Waals surface area (Å²) in [4.78, 5) is 29.2. The van der Waals surface area contributed by atoms with Crippen molar-refractivity contribution in [2.45, 2.75) is 32.9 Å². The average molecular weight is 381 g/mol. The van der Waals surface area contributed by atoms with Crippen LogP contribution < -0.4 is 10.2 Å². The van der Waals surface area contributed by atoms with Crippen molar-refractivity contribution < 1.29 is 14.3 Å². The van der Waals surface area contributed by atoms with E-state index in [0.29, 0.717) is 12.3 Å². The standard InChI is InChI=1S/C21H23N3O4/c1-3-16(12-23-11-10-22-15-23)24-13-18(21(26)27-4-2)20(25)19(14-24)28-17-8-6-5-7-9-17/h5-11,13-16H,3-4,12H2,1-2H3/t16-/m0/s1. The fourth-order valence-electron chi connectivity index (χ4n) is 2.90. The Hall–Kier alpha value is -3.35. The number of nitrogens with zero attached hydrogens (tertiary/aromatic N) is 3. The molecule has 1 aromatic carbocycles. The molecule has 0 fully saturated rings. The van der Waals surface area contributed by atoms with E-state index in [2.05, 4.69) is 4.98 Å². The van der Waals surface area contributed by atoms with E-state index in [1.807, 2.05) is 40.5 Å². The number of para-hydroxylation sites is 1. The summed E-state index contributed by atoms with van der Waals surface area (Å²) in [5.41, 5.74) is -0.532. The SMILES string of the molecule is CCOC(=O)c1cn([C@@H](CC)Cn2ccnc2)cc(Oc2ccccc2)c1=O. The van der Waals surface area contributed by atoms with Crippen LogP contribution in [0.3, 0.4) is 0 Å². The lowest BCUT2D eigenvalue weighted by molar-refractivity contribution is 0.0523. The minimum Gasteiger partial charge on any atom is -0.462 e. The predicted octanol–water partition coefficient (Wildman–Crippen LogP) is 3.67. The lowest BCUT2D eigenvalue weighted by Crippen LogP contribution is -2.24. The molecule has 3 aromatic rings. The Kier molecular flexibility index (Phi) is 6.26. The highest BCUT2D eigenvalue weighted by molar-refractivity contribution is 5.89. The van der Waals surface area contributed by atoms with Crippen LogP contribution in [-0.2, 0) is 11.3 Å². The number of rotatable bonds is 8. The van der Waals surface area contributed by atoms with Gasteiger partial charge in [-0.3, -0.25) is 4.79 Å². The van der Waals surface area contributed by atoms with Gasteiger partial charge in [-0.25, -0.2) is 9.78 Å². The van der Waals surface area contributed by atoms with Gasteiger partial charge in [-0.05, 0) is 25.5 Å². The number of aromatic nitrogens is 3. The molecule has 0 aliphatic rings. The average Bonchev–Trinajstić information content (AvgIpc) is 3.22. The van der Waals surface area contributed by atoms with Crippen LogP contribution in [0.5, 0.6) is 11.5 Å². The molecule has 3 rings (SSSR count). The second-order valence-corrected chi connectivity index (χ2v) is 6.27.